The first-order valence-electron chi connectivity index (χ1n) is 7.70. The Morgan fingerprint density at radius 1 is 1.12 bits per heavy atom. The maximum absolute atomic E-state index is 5.54. The van der Waals surface area contributed by atoms with Crippen LogP contribution in [-0.4, -0.2) is 25.2 Å². The van der Waals surface area contributed by atoms with Crippen molar-refractivity contribution in [3.63, 3.8) is 0 Å². The van der Waals surface area contributed by atoms with Crippen molar-refractivity contribution < 1.29 is 9.47 Å². The highest BCUT2D eigenvalue weighted by atomic mass is 35.5. The van der Waals surface area contributed by atoms with Gasteiger partial charge in [-0.05, 0) is 23.9 Å². The standard InChI is InChI=1S/C18H19N3O2.ClH/c1-22-14-8-7-13-16(17(14)23-2)21-18(20-13)15-12-6-4-3-5-11(12)9-10-19-15;/h3-6,8-10,13,18,20-21H,7H2,1-2H3;1H. The van der Waals surface area contributed by atoms with Crippen molar-refractivity contribution in [3.8, 4) is 0 Å². The SMILES string of the molecule is COC1=CCC2NC(c3nccc4ccccc34)NC2=C1OC.Cl. The topological polar surface area (TPSA) is 55.4 Å². The average molecular weight is 346 g/mol. The predicted octanol–water partition coefficient (Wildman–Crippen LogP) is 3.01. The monoisotopic (exact) mass is 345 g/mol. The maximum atomic E-state index is 5.54. The van der Waals surface area contributed by atoms with Gasteiger partial charge >= 0.3 is 0 Å². The largest absolute Gasteiger partial charge is 0.493 e. The van der Waals surface area contributed by atoms with Gasteiger partial charge in [-0.25, -0.2) is 0 Å². The van der Waals surface area contributed by atoms with Crippen LogP contribution in [0.3, 0.4) is 0 Å². The van der Waals surface area contributed by atoms with Gasteiger partial charge in [-0.15, -0.1) is 12.4 Å². The van der Waals surface area contributed by atoms with E-state index in [1.54, 1.807) is 14.2 Å². The van der Waals surface area contributed by atoms with Gasteiger partial charge in [-0.2, -0.15) is 0 Å². The van der Waals surface area contributed by atoms with Crippen molar-refractivity contribution in [1.82, 2.24) is 15.6 Å². The summed E-state index contributed by atoms with van der Waals surface area (Å²) in [6.07, 6.45) is 4.73. The fourth-order valence-electron chi connectivity index (χ4n) is 3.35. The highest BCUT2D eigenvalue weighted by Crippen LogP contribution is 2.33. The van der Waals surface area contributed by atoms with E-state index in [2.05, 4.69) is 33.8 Å². The molecule has 1 aliphatic heterocycles. The molecule has 0 amide bonds. The second kappa shape index (κ2) is 6.71. The molecule has 0 saturated carbocycles. The van der Waals surface area contributed by atoms with E-state index < -0.39 is 0 Å². The van der Waals surface area contributed by atoms with Gasteiger partial charge in [0.2, 0.25) is 0 Å². The third kappa shape index (κ3) is 2.60. The number of hydrogen-bond donors (Lipinski definition) is 2. The molecule has 6 heteroatoms. The molecule has 1 saturated heterocycles. The van der Waals surface area contributed by atoms with Crippen LogP contribution in [0.25, 0.3) is 10.8 Å². The molecule has 2 aromatic rings. The van der Waals surface area contributed by atoms with Gasteiger partial charge in [-0.1, -0.05) is 24.3 Å². The lowest BCUT2D eigenvalue weighted by atomic mass is 10.0. The van der Waals surface area contributed by atoms with Crippen LogP contribution in [0.5, 0.6) is 0 Å². The van der Waals surface area contributed by atoms with E-state index in [4.69, 9.17) is 9.47 Å². The number of ether oxygens (including phenoxy) is 2. The zero-order chi connectivity index (χ0) is 15.8. The molecule has 2 heterocycles. The lowest BCUT2D eigenvalue weighted by Gasteiger charge is -2.21. The third-order valence-corrected chi connectivity index (χ3v) is 4.43. The number of fused-ring (bicyclic) bond motifs is 2. The first kappa shape index (κ1) is 16.6. The number of methoxy groups -OCH3 is 2. The van der Waals surface area contributed by atoms with Gasteiger partial charge in [0.1, 0.15) is 6.17 Å². The minimum Gasteiger partial charge on any atom is -0.493 e. The van der Waals surface area contributed by atoms with Crippen molar-refractivity contribution in [3.05, 3.63) is 65.5 Å². The summed E-state index contributed by atoms with van der Waals surface area (Å²) in [6.45, 7) is 0. The van der Waals surface area contributed by atoms with Crippen LogP contribution < -0.4 is 10.6 Å². The van der Waals surface area contributed by atoms with Gasteiger partial charge in [0.15, 0.2) is 11.5 Å². The number of nitrogens with zero attached hydrogens (tertiary/aromatic N) is 1. The van der Waals surface area contributed by atoms with Gasteiger partial charge < -0.3 is 14.8 Å². The van der Waals surface area contributed by atoms with Crippen LogP contribution in [0.1, 0.15) is 18.3 Å². The van der Waals surface area contributed by atoms with E-state index >= 15 is 0 Å². The summed E-state index contributed by atoms with van der Waals surface area (Å²) in [4.78, 5) is 4.60. The highest BCUT2D eigenvalue weighted by Gasteiger charge is 2.36. The number of hydrogen-bond acceptors (Lipinski definition) is 5. The lowest BCUT2D eigenvalue weighted by molar-refractivity contribution is 0.209. The fraction of sp³-hybridized carbons (Fsp3) is 0.278. The van der Waals surface area contributed by atoms with E-state index in [9.17, 15) is 0 Å². The van der Waals surface area contributed by atoms with E-state index in [1.165, 1.54) is 5.39 Å². The third-order valence-electron chi connectivity index (χ3n) is 4.43. The molecule has 0 spiro atoms. The molecule has 2 atom stereocenters. The molecule has 1 aromatic heterocycles. The van der Waals surface area contributed by atoms with Gasteiger partial charge in [0.25, 0.3) is 0 Å². The predicted molar refractivity (Wildman–Crippen MR) is 95.5 cm³/mol. The summed E-state index contributed by atoms with van der Waals surface area (Å²) in [5.41, 5.74) is 2.03. The van der Waals surface area contributed by atoms with Gasteiger partial charge in [-0.3, -0.25) is 10.3 Å². The van der Waals surface area contributed by atoms with Gasteiger partial charge in [0, 0.05) is 11.6 Å². The second-order valence-electron chi connectivity index (χ2n) is 5.67. The summed E-state index contributed by atoms with van der Waals surface area (Å²) in [7, 11) is 3.33. The molecule has 5 nitrogen and oxygen atoms in total. The highest BCUT2D eigenvalue weighted by molar-refractivity contribution is 5.85. The summed E-state index contributed by atoms with van der Waals surface area (Å²) in [5.74, 6) is 1.54. The molecule has 0 radical (unpaired) electrons. The van der Waals surface area contributed by atoms with Crippen LogP contribution in [0.4, 0.5) is 0 Å². The smallest absolute Gasteiger partial charge is 0.181 e. The van der Waals surface area contributed by atoms with Crippen molar-refractivity contribution >= 4 is 23.2 Å². The van der Waals surface area contributed by atoms with Crippen LogP contribution in [0, 0.1) is 0 Å². The minimum atomic E-state index is -0.0455. The molecule has 4 rings (SSSR count). The molecule has 1 fully saturated rings. The zero-order valence-corrected chi connectivity index (χ0v) is 14.4. The Morgan fingerprint density at radius 2 is 1.96 bits per heavy atom. The molecule has 1 aliphatic carbocycles. The van der Waals surface area contributed by atoms with Crippen molar-refractivity contribution in [1.29, 1.82) is 0 Å². The lowest BCUT2D eigenvalue weighted by Crippen LogP contribution is -2.27. The first-order chi connectivity index (χ1) is 11.3. The fourth-order valence-corrected chi connectivity index (χ4v) is 3.35. The molecule has 1 aromatic carbocycles. The van der Waals surface area contributed by atoms with Crippen LogP contribution in [0.2, 0.25) is 0 Å². The normalized spacial score (nSPS) is 22.3. The molecule has 24 heavy (non-hydrogen) atoms. The number of pyridine rings is 1. The quantitative estimate of drug-likeness (QED) is 0.895. The van der Waals surface area contributed by atoms with Crippen molar-refractivity contribution in [2.24, 2.45) is 0 Å². The molecule has 2 unspecified atom stereocenters. The van der Waals surface area contributed by atoms with E-state index in [1.807, 2.05) is 24.4 Å². The Balaban J connectivity index is 0.00000169. The number of aromatic nitrogens is 1. The number of rotatable bonds is 3. The summed E-state index contributed by atoms with van der Waals surface area (Å²) in [5, 5.41) is 9.46. The van der Waals surface area contributed by atoms with Crippen LogP contribution in [0.15, 0.2) is 59.8 Å². The Bertz CT molecular complexity index is 814. The first-order valence-corrected chi connectivity index (χ1v) is 7.70. The Labute approximate surface area is 147 Å². The number of benzene rings is 1. The summed E-state index contributed by atoms with van der Waals surface area (Å²) in [6, 6.07) is 10.5. The van der Waals surface area contributed by atoms with E-state index in [-0.39, 0.29) is 24.6 Å². The Morgan fingerprint density at radius 3 is 2.75 bits per heavy atom. The van der Waals surface area contributed by atoms with Crippen LogP contribution in [-0.2, 0) is 9.47 Å². The molecule has 0 bridgehead atoms. The van der Waals surface area contributed by atoms with E-state index in [0.717, 1.165) is 34.7 Å². The summed E-state index contributed by atoms with van der Waals surface area (Å²) < 4.78 is 11.0. The number of halogens is 1. The van der Waals surface area contributed by atoms with Crippen molar-refractivity contribution in [2.45, 2.75) is 18.6 Å². The zero-order valence-electron chi connectivity index (χ0n) is 13.6. The molecular weight excluding hydrogens is 326 g/mol. The van der Waals surface area contributed by atoms with Crippen molar-refractivity contribution in [2.75, 3.05) is 14.2 Å². The average Bonchev–Trinajstić information content (AvgIpc) is 3.04. The minimum absolute atomic E-state index is 0. The second-order valence-corrected chi connectivity index (χ2v) is 5.67. The van der Waals surface area contributed by atoms with Crippen LogP contribution >= 0.6 is 12.4 Å². The Kier molecular flexibility index (Phi) is 4.64. The molecule has 2 N–H and O–H groups in total. The molecule has 2 aliphatic rings. The number of nitrogens with one attached hydrogen (secondary N) is 2. The molecular formula is C18H20ClN3O2. The molecule has 126 valence electrons. The van der Waals surface area contributed by atoms with Gasteiger partial charge in [0.05, 0.1) is 31.7 Å². The van der Waals surface area contributed by atoms with E-state index in [0.29, 0.717) is 0 Å². The summed E-state index contributed by atoms with van der Waals surface area (Å²) >= 11 is 0. The maximum Gasteiger partial charge on any atom is 0.181 e. The Hall–Kier alpha value is -2.24.